The third-order valence-corrected chi connectivity index (χ3v) is 4.08. The van der Waals surface area contributed by atoms with Crippen LogP contribution in [0, 0.1) is 0 Å². The average Bonchev–Trinajstić information content (AvgIpc) is 2.63. The van der Waals surface area contributed by atoms with E-state index in [2.05, 4.69) is 5.32 Å². The fraction of sp³-hybridized carbons (Fsp3) is 0.350. The Hall–Kier alpha value is -2.37. The number of hydrogen-bond acceptors (Lipinski definition) is 4. The fourth-order valence-electron chi connectivity index (χ4n) is 2.48. The van der Waals surface area contributed by atoms with E-state index in [4.69, 9.17) is 9.84 Å². The maximum atomic E-state index is 10.8. The van der Waals surface area contributed by atoms with Gasteiger partial charge in [-0.25, -0.2) is 4.79 Å². The summed E-state index contributed by atoms with van der Waals surface area (Å²) in [6, 6.07) is 16.9. The van der Waals surface area contributed by atoms with Gasteiger partial charge < -0.3 is 20.3 Å². The van der Waals surface area contributed by atoms with E-state index < -0.39 is 18.2 Å². The van der Waals surface area contributed by atoms with E-state index in [0.29, 0.717) is 5.75 Å². The van der Waals surface area contributed by atoms with Crippen molar-refractivity contribution >= 4 is 5.97 Å². The van der Waals surface area contributed by atoms with Gasteiger partial charge in [0.2, 0.25) is 0 Å². The summed E-state index contributed by atoms with van der Waals surface area (Å²) in [7, 11) is 0. The standard InChI is InChI=1S/C20H25NO4/c1-14(19(22)17-6-4-3-5-7-17)21-13-12-16-8-10-18(11-9-16)25-15(2)20(23)24/h3-11,14-15,19,21-22H,12-13H2,1-2H3,(H,23,24)/t14-,15+,19+/m0/s1. The van der Waals surface area contributed by atoms with Gasteiger partial charge in [-0.1, -0.05) is 42.5 Å². The predicted molar refractivity (Wildman–Crippen MR) is 96.7 cm³/mol. The van der Waals surface area contributed by atoms with Crippen molar-refractivity contribution in [3.63, 3.8) is 0 Å². The maximum Gasteiger partial charge on any atom is 0.344 e. The lowest BCUT2D eigenvalue weighted by Gasteiger charge is -2.20. The summed E-state index contributed by atoms with van der Waals surface area (Å²) >= 11 is 0. The number of hydrogen-bond donors (Lipinski definition) is 3. The van der Waals surface area contributed by atoms with Crippen molar-refractivity contribution in [1.82, 2.24) is 5.32 Å². The Labute approximate surface area is 148 Å². The molecule has 0 unspecified atom stereocenters. The van der Waals surface area contributed by atoms with Crippen molar-refractivity contribution in [3.8, 4) is 5.75 Å². The number of nitrogens with one attached hydrogen (secondary N) is 1. The summed E-state index contributed by atoms with van der Waals surface area (Å²) in [5.74, 6) is -0.446. The second-order valence-corrected chi connectivity index (χ2v) is 6.09. The summed E-state index contributed by atoms with van der Waals surface area (Å²) in [5, 5.41) is 22.5. The minimum absolute atomic E-state index is 0.0542. The maximum absolute atomic E-state index is 10.8. The molecule has 5 heteroatoms. The van der Waals surface area contributed by atoms with Gasteiger partial charge in [-0.3, -0.25) is 0 Å². The molecule has 0 saturated heterocycles. The normalized spacial score (nSPS) is 14.5. The van der Waals surface area contributed by atoms with Gasteiger partial charge >= 0.3 is 5.97 Å². The van der Waals surface area contributed by atoms with E-state index in [-0.39, 0.29) is 6.04 Å². The molecule has 134 valence electrons. The Balaban J connectivity index is 1.78. The highest BCUT2D eigenvalue weighted by molar-refractivity contribution is 5.72. The molecule has 0 aliphatic heterocycles. The zero-order valence-corrected chi connectivity index (χ0v) is 14.6. The number of aliphatic carboxylic acids is 1. The molecule has 0 amide bonds. The second kappa shape index (κ2) is 9.20. The lowest BCUT2D eigenvalue weighted by Crippen LogP contribution is -2.33. The lowest BCUT2D eigenvalue weighted by atomic mass is 10.0. The van der Waals surface area contributed by atoms with Gasteiger partial charge in [-0.15, -0.1) is 0 Å². The van der Waals surface area contributed by atoms with Gasteiger partial charge in [0.15, 0.2) is 6.10 Å². The van der Waals surface area contributed by atoms with Gasteiger partial charge in [0.25, 0.3) is 0 Å². The third kappa shape index (κ3) is 5.89. The minimum atomic E-state index is -0.987. The molecule has 0 heterocycles. The van der Waals surface area contributed by atoms with Crippen molar-refractivity contribution in [2.75, 3.05) is 6.54 Å². The molecule has 25 heavy (non-hydrogen) atoms. The molecule has 2 rings (SSSR count). The Bertz CT molecular complexity index is 657. The topological polar surface area (TPSA) is 78.8 Å². The van der Waals surface area contributed by atoms with Crippen LogP contribution < -0.4 is 10.1 Å². The summed E-state index contributed by atoms with van der Waals surface area (Å²) in [5.41, 5.74) is 2.01. The van der Waals surface area contributed by atoms with Crippen LogP contribution in [0.4, 0.5) is 0 Å². The average molecular weight is 343 g/mol. The number of benzene rings is 2. The van der Waals surface area contributed by atoms with Crippen molar-refractivity contribution in [2.45, 2.75) is 38.5 Å². The van der Waals surface area contributed by atoms with E-state index in [1.54, 1.807) is 12.1 Å². The van der Waals surface area contributed by atoms with Gasteiger partial charge in [0.05, 0.1) is 6.10 Å². The first kappa shape index (κ1) is 19.0. The monoisotopic (exact) mass is 343 g/mol. The van der Waals surface area contributed by atoms with Crippen LogP contribution in [0.1, 0.15) is 31.1 Å². The van der Waals surface area contributed by atoms with Crippen LogP contribution in [-0.4, -0.2) is 34.9 Å². The quantitative estimate of drug-likeness (QED) is 0.652. The first-order chi connectivity index (χ1) is 12.0. The van der Waals surface area contributed by atoms with Crippen molar-refractivity contribution in [1.29, 1.82) is 0 Å². The number of aliphatic hydroxyl groups is 1. The molecular weight excluding hydrogens is 318 g/mol. The van der Waals surface area contributed by atoms with Crippen LogP contribution in [0.2, 0.25) is 0 Å². The molecule has 2 aromatic carbocycles. The zero-order chi connectivity index (χ0) is 18.2. The minimum Gasteiger partial charge on any atom is -0.479 e. The number of ether oxygens (including phenoxy) is 1. The molecule has 3 N–H and O–H groups in total. The molecular formula is C20H25NO4. The molecule has 5 nitrogen and oxygen atoms in total. The molecule has 0 fully saturated rings. The molecule has 0 aliphatic rings. The molecule has 2 aromatic rings. The Morgan fingerprint density at radius 3 is 2.32 bits per heavy atom. The smallest absolute Gasteiger partial charge is 0.344 e. The molecule has 3 atom stereocenters. The largest absolute Gasteiger partial charge is 0.479 e. The number of carboxylic acid groups (broad SMARTS) is 1. The second-order valence-electron chi connectivity index (χ2n) is 6.09. The van der Waals surface area contributed by atoms with Crippen LogP contribution in [-0.2, 0) is 11.2 Å². The van der Waals surface area contributed by atoms with E-state index in [9.17, 15) is 9.90 Å². The Kier molecular flexibility index (Phi) is 6.98. The summed E-state index contributed by atoms with van der Waals surface area (Å²) in [4.78, 5) is 10.8. The number of carboxylic acids is 1. The van der Waals surface area contributed by atoms with Crippen molar-refractivity contribution < 1.29 is 19.7 Å². The van der Waals surface area contributed by atoms with Gasteiger partial charge in [0.1, 0.15) is 5.75 Å². The van der Waals surface area contributed by atoms with Gasteiger partial charge in [-0.2, -0.15) is 0 Å². The number of rotatable bonds is 9. The van der Waals surface area contributed by atoms with Crippen LogP contribution in [0.25, 0.3) is 0 Å². The van der Waals surface area contributed by atoms with E-state index in [1.807, 2.05) is 49.4 Å². The van der Waals surface area contributed by atoms with Gasteiger partial charge in [-0.05, 0) is 50.1 Å². The SMILES string of the molecule is C[C@H](NCCc1ccc(O[C@H](C)C(=O)O)cc1)[C@@H](O)c1ccccc1. The lowest BCUT2D eigenvalue weighted by molar-refractivity contribution is -0.144. The fourth-order valence-corrected chi connectivity index (χ4v) is 2.48. The molecule has 0 saturated carbocycles. The van der Waals surface area contributed by atoms with Crippen LogP contribution in [0.5, 0.6) is 5.75 Å². The highest BCUT2D eigenvalue weighted by atomic mass is 16.5. The summed E-state index contributed by atoms with van der Waals surface area (Å²) < 4.78 is 5.31. The summed E-state index contributed by atoms with van der Waals surface area (Å²) in [6.07, 6.45) is -0.608. The highest BCUT2D eigenvalue weighted by Crippen LogP contribution is 2.17. The first-order valence-corrected chi connectivity index (χ1v) is 8.42. The number of aliphatic hydroxyl groups excluding tert-OH is 1. The first-order valence-electron chi connectivity index (χ1n) is 8.42. The molecule has 0 aliphatic carbocycles. The van der Waals surface area contributed by atoms with Crippen molar-refractivity contribution in [2.24, 2.45) is 0 Å². The Morgan fingerprint density at radius 2 is 1.72 bits per heavy atom. The molecule has 0 spiro atoms. The van der Waals surface area contributed by atoms with Crippen LogP contribution in [0.15, 0.2) is 54.6 Å². The van der Waals surface area contributed by atoms with E-state index >= 15 is 0 Å². The van der Waals surface area contributed by atoms with Gasteiger partial charge in [0, 0.05) is 6.04 Å². The summed E-state index contributed by atoms with van der Waals surface area (Å²) in [6.45, 7) is 4.19. The van der Waals surface area contributed by atoms with E-state index in [1.165, 1.54) is 6.92 Å². The molecule has 0 radical (unpaired) electrons. The van der Waals surface area contributed by atoms with Crippen molar-refractivity contribution in [3.05, 3.63) is 65.7 Å². The van der Waals surface area contributed by atoms with E-state index in [0.717, 1.165) is 24.1 Å². The molecule has 0 bridgehead atoms. The number of carbonyl (C=O) groups is 1. The van der Waals surface area contributed by atoms with Crippen LogP contribution in [0.3, 0.4) is 0 Å². The molecule has 0 aromatic heterocycles. The predicted octanol–water partition coefficient (Wildman–Crippen LogP) is 2.79. The van der Waals surface area contributed by atoms with Crippen LogP contribution >= 0.6 is 0 Å². The highest BCUT2D eigenvalue weighted by Gasteiger charge is 2.15. The zero-order valence-electron chi connectivity index (χ0n) is 14.6. The Morgan fingerprint density at radius 1 is 1.08 bits per heavy atom. The third-order valence-electron chi connectivity index (χ3n) is 4.08.